The number of alkyl halides is 1. The second-order valence-electron chi connectivity index (χ2n) is 4.26. The Morgan fingerprint density at radius 2 is 1.92 bits per heavy atom. The third kappa shape index (κ3) is 2.52. The highest BCUT2D eigenvalue weighted by atomic mass is 35.5. The Hall–Kier alpha value is 0.0300. The van der Waals surface area contributed by atoms with Crippen molar-refractivity contribution >= 4 is 11.6 Å². The molecule has 1 heteroatoms. The quantitative estimate of drug-likeness (QED) is 0.396. The molecule has 0 nitrogen and oxygen atoms in total. The van der Waals surface area contributed by atoms with Crippen LogP contribution in [0.25, 0.3) is 0 Å². The van der Waals surface area contributed by atoms with Crippen molar-refractivity contribution in [2.24, 2.45) is 11.8 Å². The van der Waals surface area contributed by atoms with Crippen molar-refractivity contribution in [3.8, 4) is 0 Å². The minimum Gasteiger partial charge on any atom is -0.118 e. The average molecular weight is 187 g/mol. The molecule has 0 radical (unpaired) electrons. The molecule has 0 heterocycles. The third-order valence-electron chi connectivity index (χ3n) is 2.96. The summed E-state index contributed by atoms with van der Waals surface area (Å²) in [4.78, 5) is 0. The van der Waals surface area contributed by atoms with Crippen LogP contribution in [-0.2, 0) is 0 Å². The van der Waals surface area contributed by atoms with E-state index < -0.39 is 0 Å². The van der Waals surface area contributed by atoms with Crippen molar-refractivity contribution in [2.75, 3.05) is 0 Å². The van der Waals surface area contributed by atoms with Gasteiger partial charge >= 0.3 is 0 Å². The van der Waals surface area contributed by atoms with Crippen LogP contribution in [0.15, 0.2) is 12.2 Å². The molecule has 0 saturated heterocycles. The van der Waals surface area contributed by atoms with Gasteiger partial charge in [0.25, 0.3) is 0 Å². The molecule has 0 spiro atoms. The fourth-order valence-electron chi connectivity index (χ4n) is 1.81. The fourth-order valence-corrected chi connectivity index (χ4v) is 2.05. The predicted octanol–water partition coefficient (Wildman–Crippen LogP) is 4.00. The Labute approximate surface area is 81.0 Å². The summed E-state index contributed by atoms with van der Waals surface area (Å²) in [7, 11) is 0. The van der Waals surface area contributed by atoms with Gasteiger partial charge in [-0.05, 0) is 31.1 Å². The van der Waals surface area contributed by atoms with Crippen LogP contribution >= 0.6 is 11.6 Å². The van der Waals surface area contributed by atoms with Crippen LogP contribution in [0.1, 0.15) is 39.5 Å². The van der Waals surface area contributed by atoms with Crippen molar-refractivity contribution in [3.63, 3.8) is 0 Å². The monoisotopic (exact) mass is 186 g/mol. The second-order valence-corrected chi connectivity index (χ2v) is 4.73. The molecular formula is C11H19Cl. The van der Waals surface area contributed by atoms with Crippen LogP contribution in [0, 0.1) is 11.8 Å². The van der Waals surface area contributed by atoms with E-state index in [0.717, 1.165) is 12.3 Å². The highest BCUT2D eigenvalue weighted by Gasteiger charge is 2.21. The zero-order valence-electron chi connectivity index (χ0n) is 8.15. The summed E-state index contributed by atoms with van der Waals surface area (Å²) >= 11 is 6.24. The van der Waals surface area contributed by atoms with E-state index in [1.54, 1.807) is 0 Å². The van der Waals surface area contributed by atoms with Crippen LogP contribution in [0.2, 0.25) is 0 Å². The van der Waals surface area contributed by atoms with Crippen molar-refractivity contribution < 1.29 is 0 Å². The van der Waals surface area contributed by atoms with Gasteiger partial charge in [-0.1, -0.05) is 32.4 Å². The average Bonchev–Trinajstić information content (AvgIpc) is 2.07. The Balaban J connectivity index is 2.54. The number of rotatable bonds is 0. The minimum absolute atomic E-state index is 0.220. The van der Waals surface area contributed by atoms with Crippen molar-refractivity contribution in [2.45, 2.75) is 44.9 Å². The van der Waals surface area contributed by atoms with Gasteiger partial charge in [0, 0.05) is 0 Å². The molecule has 0 aliphatic heterocycles. The summed E-state index contributed by atoms with van der Waals surface area (Å²) in [6.07, 6.45) is 4.99. The lowest BCUT2D eigenvalue weighted by Gasteiger charge is -2.26. The molecule has 70 valence electrons. The zero-order chi connectivity index (χ0) is 9.14. The van der Waals surface area contributed by atoms with Gasteiger partial charge in [0.15, 0.2) is 0 Å². The largest absolute Gasteiger partial charge is 0.118 e. The van der Waals surface area contributed by atoms with E-state index in [1.165, 1.54) is 24.8 Å². The van der Waals surface area contributed by atoms with E-state index >= 15 is 0 Å². The van der Waals surface area contributed by atoms with Crippen LogP contribution in [0.5, 0.6) is 0 Å². The van der Waals surface area contributed by atoms with E-state index in [0.29, 0.717) is 5.92 Å². The first-order valence-electron chi connectivity index (χ1n) is 4.93. The number of hydrogen-bond donors (Lipinski definition) is 0. The van der Waals surface area contributed by atoms with Gasteiger partial charge in [-0.2, -0.15) is 0 Å². The Kier molecular flexibility index (Phi) is 3.64. The van der Waals surface area contributed by atoms with E-state index in [2.05, 4.69) is 20.4 Å². The highest BCUT2D eigenvalue weighted by molar-refractivity contribution is 6.22. The predicted molar refractivity (Wildman–Crippen MR) is 55.6 cm³/mol. The fraction of sp³-hybridized carbons (Fsp3) is 0.818. The smallest absolute Gasteiger partial charge is 0.0568 e. The minimum atomic E-state index is 0.220. The number of halogens is 1. The molecule has 1 saturated carbocycles. The van der Waals surface area contributed by atoms with E-state index in [1.807, 2.05) is 0 Å². The van der Waals surface area contributed by atoms with Gasteiger partial charge in [-0.3, -0.25) is 0 Å². The van der Waals surface area contributed by atoms with E-state index in [-0.39, 0.29) is 5.38 Å². The molecule has 0 aromatic carbocycles. The SMILES string of the molecule is C=C1CCC(C)CC[C@@H](C)C1Cl. The van der Waals surface area contributed by atoms with Gasteiger partial charge in [-0.25, -0.2) is 0 Å². The maximum absolute atomic E-state index is 6.24. The highest BCUT2D eigenvalue weighted by Crippen LogP contribution is 2.31. The lowest BCUT2D eigenvalue weighted by atomic mass is 9.85. The molecule has 1 aliphatic carbocycles. The lowest BCUT2D eigenvalue weighted by Crippen LogP contribution is -2.18. The second kappa shape index (κ2) is 4.32. The normalized spacial score (nSPS) is 38.9. The zero-order valence-corrected chi connectivity index (χ0v) is 8.90. The Bertz CT molecular complexity index is 162. The van der Waals surface area contributed by atoms with Gasteiger partial charge in [0.1, 0.15) is 0 Å². The van der Waals surface area contributed by atoms with Crippen LogP contribution in [0.4, 0.5) is 0 Å². The van der Waals surface area contributed by atoms with E-state index in [9.17, 15) is 0 Å². The number of allylic oxidation sites excluding steroid dienone is 1. The lowest BCUT2D eigenvalue weighted by molar-refractivity contribution is 0.385. The Morgan fingerprint density at radius 1 is 1.25 bits per heavy atom. The molecule has 1 fully saturated rings. The first kappa shape index (κ1) is 10.1. The van der Waals surface area contributed by atoms with Crippen LogP contribution in [-0.4, -0.2) is 5.38 Å². The summed E-state index contributed by atoms with van der Waals surface area (Å²) in [5, 5.41) is 0.220. The standard InChI is InChI=1S/C11H19Cl/c1-8-4-6-9(2)11(12)10(3)7-5-8/h8,10-11H,2,4-7H2,1,3H3/t8?,10-,11?/m1/s1. The van der Waals surface area contributed by atoms with Gasteiger partial charge in [-0.15, -0.1) is 11.6 Å². The van der Waals surface area contributed by atoms with E-state index in [4.69, 9.17) is 11.6 Å². The van der Waals surface area contributed by atoms with Gasteiger partial charge in [0.2, 0.25) is 0 Å². The molecule has 0 bridgehead atoms. The van der Waals surface area contributed by atoms with Gasteiger partial charge in [0.05, 0.1) is 5.38 Å². The summed E-state index contributed by atoms with van der Waals surface area (Å²) in [6, 6.07) is 0. The van der Waals surface area contributed by atoms with Gasteiger partial charge < -0.3 is 0 Å². The first-order valence-corrected chi connectivity index (χ1v) is 5.36. The molecule has 12 heavy (non-hydrogen) atoms. The topological polar surface area (TPSA) is 0 Å². The number of hydrogen-bond acceptors (Lipinski definition) is 0. The molecule has 0 aromatic rings. The van der Waals surface area contributed by atoms with Crippen LogP contribution in [0.3, 0.4) is 0 Å². The third-order valence-corrected chi connectivity index (χ3v) is 3.70. The molecule has 3 atom stereocenters. The summed E-state index contributed by atoms with van der Waals surface area (Å²) in [6.45, 7) is 8.61. The van der Waals surface area contributed by atoms with Crippen molar-refractivity contribution in [1.29, 1.82) is 0 Å². The molecule has 1 rings (SSSR count). The molecule has 0 aromatic heterocycles. The molecule has 1 aliphatic rings. The maximum atomic E-state index is 6.24. The molecule has 0 amide bonds. The Morgan fingerprint density at radius 3 is 2.58 bits per heavy atom. The summed E-state index contributed by atoms with van der Waals surface area (Å²) < 4.78 is 0. The first-order chi connectivity index (χ1) is 5.61. The summed E-state index contributed by atoms with van der Waals surface area (Å²) in [5.74, 6) is 1.47. The maximum Gasteiger partial charge on any atom is 0.0568 e. The molecule has 2 unspecified atom stereocenters. The van der Waals surface area contributed by atoms with Crippen LogP contribution < -0.4 is 0 Å². The van der Waals surface area contributed by atoms with Crippen molar-refractivity contribution in [3.05, 3.63) is 12.2 Å². The molecule has 0 N–H and O–H groups in total. The molecular weight excluding hydrogens is 168 g/mol. The summed E-state index contributed by atoms with van der Waals surface area (Å²) in [5.41, 5.74) is 1.25. The van der Waals surface area contributed by atoms with Crippen molar-refractivity contribution in [1.82, 2.24) is 0 Å².